The Labute approximate surface area is 95.2 Å². The fourth-order valence-electron chi connectivity index (χ4n) is 1.21. The van der Waals surface area contributed by atoms with Gasteiger partial charge in [0.1, 0.15) is 5.75 Å². The van der Waals surface area contributed by atoms with Crippen LogP contribution >= 0.6 is 0 Å². The Balaban J connectivity index is 2.50. The van der Waals surface area contributed by atoms with Crippen molar-refractivity contribution in [2.24, 2.45) is 0 Å². The van der Waals surface area contributed by atoms with Gasteiger partial charge >= 0.3 is 0 Å². The Hall–Kier alpha value is -1.55. The lowest BCUT2D eigenvalue weighted by molar-refractivity contribution is -0.114. The van der Waals surface area contributed by atoms with Gasteiger partial charge in [0, 0.05) is 25.1 Å². The molecule has 0 aliphatic carbocycles. The Kier molecular flexibility index (Phi) is 4.79. The molecule has 0 spiro atoms. The molecule has 0 saturated heterocycles. The molecule has 0 fully saturated rings. The van der Waals surface area contributed by atoms with Gasteiger partial charge in [0.05, 0.1) is 12.7 Å². The molecule has 0 heterocycles. The molecular weight excluding hydrogens is 206 g/mol. The maximum absolute atomic E-state index is 10.8. The van der Waals surface area contributed by atoms with Crippen LogP contribution in [0.1, 0.15) is 20.3 Å². The van der Waals surface area contributed by atoms with E-state index in [-0.39, 0.29) is 12.0 Å². The van der Waals surface area contributed by atoms with Crippen molar-refractivity contribution < 1.29 is 14.6 Å². The van der Waals surface area contributed by atoms with Crippen LogP contribution in [0.25, 0.3) is 0 Å². The number of carbonyl (C=O) groups is 1. The molecule has 88 valence electrons. The van der Waals surface area contributed by atoms with E-state index in [9.17, 15) is 4.79 Å². The maximum Gasteiger partial charge on any atom is 0.221 e. The molecule has 1 atom stereocenters. The first-order chi connectivity index (χ1) is 7.58. The number of nitrogens with one attached hydrogen (secondary N) is 1. The summed E-state index contributed by atoms with van der Waals surface area (Å²) in [5.41, 5.74) is 0.710. The number of amides is 1. The normalized spacial score (nSPS) is 11.9. The van der Waals surface area contributed by atoms with Crippen molar-refractivity contribution in [1.82, 2.24) is 0 Å². The second kappa shape index (κ2) is 6.12. The number of benzene rings is 1. The van der Waals surface area contributed by atoms with Gasteiger partial charge < -0.3 is 15.2 Å². The van der Waals surface area contributed by atoms with Crippen molar-refractivity contribution in [2.45, 2.75) is 26.4 Å². The lowest BCUT2D eigenvalue weighted by atomic mass is 10.3. The molecule has 1 aromatic rings. The maximum atomic E-state index is 10.8. The summed E-state index contributed by atoms with van der Waals surface area (Å²) in [7, 11) is 0. The molecule has 1 amide bonds. The van der Waals surface area contributed by atoms with E-state index >= 15 is 0 Å². The summed E-state index contributed by atoms with van der Waals surface area (Å²) < 4.78 is 5.43. The van der Waals surface area contributed by atoms with Gasteiger partial charge in [-0.05, 0) is 19.1 Å². The van der Waals surface area contributed by atoms with Crippen LogP contribution in [0.15, 0.2) is 24.3 Å². The van der Waals surface area contributed by atoms with Crippen LogP contribution in [0, 0.1) is 0 Å². The first kappa shape index (κ1) is 12.5. The number of aliphatic hydroxyl groups excluding tert-OH is 1. The minimum absolute atomic E-state index is 0.110. The lowest BCUT2D eigenvalue weighted by Gasteiger charge is -2.09. The third kappa shape index (κ3) is 4.79. The summed E-state index contributed by atoms with van der Waals surface area (Å²) in [6, 6.07) is 7.17. The van der Waals surface area contributed by atoms with Gasteiger partial charge in [-0.25, -0.2) is 0 Å². The highest BCUT2D eigenvalue weighted by atomic mass is 16.5. The van der Waals surface area contributed by atoms with Crippen LogP contribution in [0.2, 0.25) is 0 Å². The second-order valence-corrected chi connectivity index (χ2v) is 3.70. The van der Waals surface area contributed by atoms with Gasteiger partial charge in [-0.1, -0.05) is 6.07 Å². The molecule has 1 unspecified atom stereocenters. The summed E-state index contributed by atoms with van der Waals surface area (Å²) >= 11 is 0. The smallest absolute Gasteiger partial charge is 0.221 e. The Morgan fingerprint density at radius 3 is 2.94 bits per heavy atom. The van der Waals surface area contributed by atoms with Crippen LogP contribution in [0.3, 0.4) is 0 Å². The molecule has 4 nitrogen and oxygen atoms in total. The van der Waals surface area contributed by atoms with Crippen molar-refractivity contribution in [2.75, 3.05) is 11.9 Å². The van der Waals surface area contributed by atoms with Crippen LogP contribution in [-0.2, 0) is 4.79 Å². The molecular formula is C12H17NO3. The van der Waals surface area contributed by atoms with Crippen LogP contribution in [-0.4, -0.2) is 23.7 Å². The SMILES string of the molecule is CC(=O)Nc1cccc(OCCC(C)O)c1. The van der Waals surface area contributed by atoms with Gasteiger partial charge in [0.25, 0.3) is 0 Å². The molecule has 0 aromatic heterocycles. The molecule has 0 aliphatic rings. The van der Waals surface area contributed by atoms with E-state index in [1.807, 2.05) is 12.1 Å². The highest BCUT2D eigenvalue weighted by Gasteiger charge is 2.00. The van der Waals surface area contributed by atoms with Gasteiger partial charge in [-0.2, -0.15) is 0 Å². The zero-order chi connectivity index (χ0) is 12.0. The van der Waals surface area contributed by atoms with E-state index in [2.05, 4.69) is 5.32 Å². The Bertz CT molecular complexity index is 350. The third-order valence-electron chi connectivity index (χ3n) is 1.96. The first-order valence-electron chi connectivity index (χ1n) is 5.26. The number of hydrogen-bond donors (Lipinski definition) is 2. The Morgan fingerprint density at radius 2 is 2.31 bits per heavy atom. The predicted molar refractivity (Wildman–Crippen MR) is 62.5 cm³/mol. The van der Waals surface area contributed by atoms with Gasteiger partial charge in [0.15, 0.2) is 0 Å². The minimum Gasteiger partial charge on any atom is -0.493 e. The third-order valence-corrected chi connectivity index (χ3v) is 1.96. The lowest BCUT2D eigenvalue weighted by Crippen LogP contribution is -2.08. The summed E-state index contributed by atoms with van der Waals surface area (Å²) in [4.78, 5) is 10.8. The van der Waals surface area contributed by atoms with Crippen molar-refractivity contribution in [1.29, 1.82) is 0 Å². The minimum atomic E-state index is -0.362. The monoisotopic (exact) mass is 223 g/mol. The van der Waals surface area contributed by atoms with Crippen LogP contribution in [0.4, 0.5) is 5.69 Å². The molecule has 0 bridgehead atoms. The van der Waals surface area contributed by atoms with E-state index in [1.165, 1.54) is 6.92 Å². The summed E-state index contributed by atoms with van der Waals surface area (Å²) in [6.45, 7) is 3.64. The fourth-order valence-corrected chi connectivity index (χ4v) is 1.21. The largest absolute Gasteiger partial charge is 0.493 e. The number of anilines is 1. The van der Waals surface area contributed by atoms with E-state index in [1.54, 1.807) is 19.1 Å². The van der Waals surface area contributed by atoms with E-state index in [0.717, 1.165) is 0 Å². The quantitative estimate of drug-likeness (QED) is 0.800. The molecule has 2 N–H and O–H groups in total. The van der Waals surface area contributed by atoms with Crippen molar-refractivity contribution in [3.63, 3.8) is 0 Å². The van der Waals surface area contributed by atoms with Crippen molar-refractivity contribution in [3.05, 3.63) is 24.3 Å². The predicted octanol–water partition coefficient (Wildman–Crippen LogP) is 1.79. The molecule has 4 heteroatoms. The van der Waals surface area contributed by atoms with E-state index < -0.39 is 0 Å². The van der Waals surface area contributed by atoms with Crippen LogP contribution < -0.4 is 10.1 Å². The van der Waals surface area contributed by atoms with Crippen LogP contribution in [0.5, 0.6) is 5.75 Å². The zero-order valence-electron chi connectivity index (χ0n) is 9.56. The number of aliphatic hydroxyl groups is 1. The highest BCUT2D eigenvalue weighted by molar-refractivity contribution is 5.88. The second-order valence-electron chi connectivity index (χ2n) is 3.70. The topological polar surface area (TPSA) is 58.6 Å². The first-order valence-corrected chi connectivity index (χ1v) is 5.26. The highest BCUT2D eigenvalue weighted by Crippen LogP contribution is 2.17. The molecule has 0 radical (unpaired) electrons. The van der Waals surface area contributed by atoms with Crippen molar-refractivity contribution in [3.8, 4) is 5.75 Å². The average molecular weight is 223 g/mol. The summed E-state index contributed by atoms with van der Waals surface area (Å²) in [5.74, 6) is 0.577. The fraction of sp³-hybridized carbons (Fsp3) is 0.417. The van der Waals surface area contributed by atoms with E-state index in [0.29, 0.717) is 24.5 Å². The van der Waals surface area contributed by atoms with Crippen molar-refractivity contribution >= 4 is 11.6 Å². The molecule has 1 aromatic carbocycles. The number of carbonyl (C=O) groups excluding carboxylic acids is 1. The number of rotatable bonds is 5. The summed E-state index contributed by atoms with van der Waals surface area (Å²) in [5, 5.41) is 11.7. The molecule has 16 heavy (non-hydrogen) atoms. The standard InChI is InChI=1S/C12H17NO3/c1-9(14)6-7-16-12-5-3-4-11(8-12)13-10(2)15/h3-5,8-9,14H,6-7H2,1-2H3,(H,13,15). The zero-order valence-corrected chi connectivity index (χ0v) is 9.56. The van der Waals surface area contributed by atoms with Gasteiger partial charge in [-0.3, -0.25) is 4.79 Å². The average Bonchev–Trinajstić information content (AvgIpc) is 2.16. The number of hydrogen-bond acceptors (Lipinski definition) is 3. The van der Waals surface area contributed by atoms with E-state index in [4.69, 9.17) is 9.84 Å². The van der Waals surface area contributed by atoms with Gasteiger partial charge in [0.2, 0.25) is 5.91 Å². The number of ether oxygens (including phenoxy) is 1. The molecule has 0 aliphatic heterocycles. The Morgan fingerprint density at radius 1 is 1.56 bits per heavy atom. The molecule has 0 saturated carbocycles. The summed E-state index contributed by atoms with van der Waals surface area (Å²) in [6.07, 6.45) is 0.225. The van der Waals surface area contributed by atoms with Gasteiger partial charge in [-0.15, -0.1) is 0 Å². The molecule has 1 rings (SSSR count).